The topological polar surface area (TPSA) is 42.1 Å². The number of aromatic amines is 1. The minimum absolute atomic E-state index is 0.214. The first-order valence-corrected chi connectivity index (χ1v) is 6.73. The van der Waals surface area contributed by atoms with Gasteiger partial charge in [-0.2, -0.15) is 0 Å². The first-order chi connectivity index (χ1) is 10.2. The molecule has 0 spiro atoms. The highest BCUT2D eigenvalue weighted by molar-refractivity contribution is 6.16. The smallest absolute Gasteiger partial charge is 0.195 e. The van der Waals surface area contributed by atoms with Crippen LogP contribution >= 0.6 is 0 Å². The number of nitrogens with one attached hydrogen (secondary N) is 1. The van der Waals surface area contributed by atoms with Gasteiger partial charge in [0.05, 0.1) is 6.61 Å². The predicted molar refractivity (Wildman–Crippen MR) is 79.3 cm³/mol. The minimum atomic E-state index is -0.421. The van der Waals surface area contributed by atoms with Crippen molar-refractivity contribution in [3.05, 3.63) is 65.6 Å². The molecular formula is C17H14FNO2. The molecule has 2 aromatic carbocycles. The monoisotopic (exact) mass is 283 g/mol. The van der Waals surface area contributed by atoms with Crippen LogP contribution in [0.5, 0.6) is 5.75 Å². The molecule has 0 radical (unpaired) electrons. The van der Waals surface area contributed by atoms with Crippen LogP contribution in [0.15, 0.2) is 48.7 Å². The number of ether oxygens (including phenoxy) is 1. The summed E-state index contributed by atoms with van der Waals surface area (Å²) in [6.07, 6.45) is 1.65. The first-order valence-electron chi connectivity index (χ1n) is 6.73. The molecule has 0 atom stereocenters. The van der Waals surface area contributed by atoms with Crippen LogP contribution in [-0.4, -0.2) is 17.4 Å². The summed E-state index contributed by atoms with van der Waals surface area (Å²) in [6, 6.07) is 11.2. The molecule has 0 unspecified atom stereocenters. The van der Waals surface area contributed by atoms with Crippen molar-refractivity contribution in [2.45, 2.75) is 6.92 Å². The van der Waals surface area contributed by atoms with Crippen LogP contribution in [-0.2, 0) is 0 Å². The summed E-state index contributed by atoms with van der Waals surface area (Å²) in [5, 5.41) is 0.773. The second-order valence-electron chi connectivity index (χ2n) is 4.68. The van der Waals surface area contributed by atoms with Gasteiger partial charge in [-0.25, -0.2) is 4.39 Å². The molecule has 0 aliphatic heterocycles. The minimum Gasteiger partial charge on any atom is -0.494 e. The summed E-state index contributed by atoms with van der Waals surface area (Å²) in [7, 11) is 0. The third-order valence-corrected chi connectivity index (χ3v) is 3.30. The summed E-state index contributed by atoms with van der Waals surface area (Å²) in [6.45, 7) is 2.46. The van der Waals surface area contributed by atoms with Crippen molar-refractivity contribution < 1.29 is 13.9 Å². The lowest BCUT2D eigenvalue weighted by Gasteiger charge is -2.04. The maximum Gasteiger partial charge on any atom is 0.195 e. The second-order valence-corrected chi connectivity index (χ2v) is 4.68. The number of aromatic nitrogens is 1. The van der Waals surface area contributed by atoms with Crippen molar-refractivity contribution in [1.82, 2.24) is 4.98 Å². The van der Waals surface area contributed by atoms with Gasteiger partial charge in [-0.15, -0.1) is 0 Å². The van der Waals surface area contributed by atoms with Crippen LogP contribution in [0.3, 0.4) is 0 Å². The average molecular weight is 283 g/mol. The maximum absolute atomic E-state index is 13.3. The van der Waals surface area contributed by atoms with Gasteiger partial charge in [-0.1, -0.05) is 12.1 Å². The highest BCUT2D eigenvalue weighted by atomic mass is 19.1. The fourth-order valence-corrected chi connectivity index (χ4v) is 2.33. The predicted octanol–water partition coefficient (Wildman–Crippen LogP) is 3.94. The van der Waals surface area contributed by atoms with Gasteiger partial charge in [0.1, 0.15) is 11.6 Å². The van der Waals surface area contributed by atoms with Crippen LogP contribution in [0.1, 0.15) is 22.8 Å². The molecular weight excluding hydrogens is 269 g/mol. The number of halogens is 1. The Kier molecular flexibility index (Phi) is 3.44. The van der Waals surface area contributed by atoms with Crippen LogP contribution in [0, 0.1) is 5.82 Å². The molecule has 0 bridgehead atoms. The van der Waals surface area contributed by atoms with Gasteiger partial charge in [0, 0.05) is 28.2 Å². The Morgan fingerprint density at radius 2 is 2.10 bits per heavy atom. The molecule has 3 aromatic rings. The molecule has 0 aliphatic rings. The number of carbonyl (C=O) groups excluding carboxylic acids is 1. The number of fused-ring (bicyclic) bond motifs is 1. The molecule has 0 saturated heterocycles. The van der Waals surface area contributed by atoms with Crippen molar-refractivity contribution in [3.8, 4) is 5.75 Å². The summed E-state index contributed by atoms with van der Waals surface area (Å²) < 4.78 is 18.7. The molecule has 3 rings (SSSR count). The van der Waals surface area contributed by atoms with E-state index in [1.807, 2.05) is 25.1 Å². The summed E-state index contributed by atoms with van der Waals surface area (Å²) in [5.74, 6) is 0.0722. The van der Waals surface area contributed by atoms with Crippen molar-refractivity contribution in [2.75, 3.05) is 6.61 Å². The molecule has 0 fully saturated rings. The van der Waals surface area contributed by atoms with E-state index in [9.17, 15) is 9.18 Å². The number of rotatable bonds is 4. The molecule has 0 saturated carbocycles. The van der Waals surface area contributed by atoms with E-state index in [2.05, 4.69) is 4.98 Å². The third kappa shape index (κ3) is 2.52. The lowest BCUT2D eigenvalue weighted by atomic mass is 10.0. The normalized spacial score (nSPS) is 10.8. The average Bonchev–Trinajstić information content (AvgIpc) is 2.90. The third-order valence-electron chi connectivity index (χ3n) is 3.30. The number of hydrogen-bond donors (Lipinski definition) is 1. The van der Waals surface area contributed by atoms with E-state index >= 15 is 0 Å². The van der Waals surface area contributed by atoms with Crippen molar-refractivity contribution in [2.24, 2.45) is 0 Å². The highest BCUT2D eigenvalue weighted by Gasteiger charge is 2.15. The lowest BCUT2D eigenvalue weighted by molar-refractivity contribution is 0.104. The van der Waals surface area contributed by atoms with Gasteiger partial charge < -0.3 is 9.72 Å². The molecule has 1 N–H and O–H groups in total. The molecule has 0 aliphatic carbocycles. The van der Waals surface area contributed by atoms with E-state index < -0.39 is 5.82 Å². The Balaban J connectivity index is 2.07. The maximum atomic E-state index is 13.3. The van der Waals surface area contributed by atoms with E-state index in [0.29, 0.717) is 23.5 Å². The van der Waals surface area contributed by atoms with E-state index in [4.69, 9.17) is 4.74 Å². The molecule has 3 nitrogen and oxygen atoms in total. The van der Waals surface area contributed by atoms with Crippen molar-refractivity contribution in [1.29, 1.82) is 0 Å². The van der Waals surface area contributed by atoms with Crippen molar-refractivity contribution >= 4 is 16.7 Å². The van der Waals surface area contributed by atoms with Gasteiger partial charge in [0.15, 0.2) is 5.78 Å². The fraction of sp³-hybridized carbons (Fsp3) is 0.118. The number of ketones is 1. The Morgan fingerprint density at radius 3 is 2.86 bits per heavy atom. The van der Waals surface area contributed by atoms with Gasteiger partial charge >= 0.3 is 0 Å². The summed E-state index contributed by atoms with van der Waals surface area (Å²) in [5.41, 5.74) is 1.69. The van der Waals surface area contributed by atoms with Gasteiger partial charge in [-0.3, -0.25) is 4.79 Å². The SMILES string of the molecule is CCOc1ccc2[nH]cc(C(=O)c3cccc(F)c3)c2c1. The largest absolute Gasteiger partial charge is 0.494 e. The van der Waals surface area contributed by atoms with E-state index in [1.54, 1.807) is 12.3 Å². The number of carbonyl (C=O) groups is 1. The first kappa shape index (κ1) is 13.4. The Morgan fingerprint density at radius 1 is 1.24 bits per heavy atom. The molecule has 1 heterocycles. The number of hydrogen-bond acceptors (Lipinski definition) is 2. The lowest BCUT2D eigenvalue weighted by Crippen LogP contribution is -2.00. The quantitative estimate of drug-likeness (QED) is 0.737. The summed E-state index contributed by atoms with van der Waals surface area (Å²) >= 11 is 0. The van der Waals surface area contributed by atoms with E-state index in [-0.39, 0.29) is 5.78 Å². The fourth-order valence-electron chi connectivity index (χ4n) is 2.33. The zero-order valence-corrected chi connectivity index (χ0v) is 11.5. The second kappa shape index (κ2) is 5.40. The van der Waals surface area contributed by atoms with Crippen LogP contribution < -0.4 is 4.74 Å². The van der Waals surface area contributed by atoms with Crippen molar-refractivity contribution in [3.63, 3.8) is 0 Å². The van der Waals surface area contributed by atoms with E-state index in [0.717, 1.165) is 10.9 Å². The van der Waals surface area contributed by atoms with Gasteiger partial charge in [-0.05, 0) is 37.3 Å². The molecule has 4 heteroatoms. The van der Waals surface area contributed by atoms with Crippen LogP contribution in [0.4, 0.5) is 4.39 Å². The number of H-pyrrole nitrogens is 1. The molecule has 21 heavy (non-hydrogen) atoms. The van der Waals surface area contributed by atoms with Gasteiger partial charge in [0.25, 0.3) is 0 Å². The highest BCUT2D eigenvalue weighted by Crippen LogP contribution is 2.25. The Hall–Kier alpha value is -2.62. The van der Waals surface area contributed by atoms with E-state index in [1.165, 1.54) is 18.2 Å². The molecule has 1 aromatic heterocycles. The zero-order valence-electron chi connectivity index (χ0n) is 11.5. The molecule has 0 amide bonds. The summed E-state index contributed by atoms with van der Waals surface area (Å²) in [4.78, 5) is 15.6. The van der Waals surface area contributed by atoms with Crippen LogP contribution in [0.25, 0.3) is 10.9 Å². The Bertz CT molecular complexity index is 807. The van der Waals surface area contributed by atoms with Crippen LogP contribution in [0.2, 0.25) is 0 Å². The number of benzene rings is 2. The Labute approximate surface area is 121 Å². The molecule has 106 valence electrons. The van der Waals surface area contributed by atoms with Gasteiger partial charge in [0.2, 0.25) is 0 Å². The standard InChI is InChI=1S/C17H14FNO2/c1-2-21-13-6-7-16-14(9-13)15(10-19-16)17(20)11-4-3-5-12(18)8-11/h3-10,19H,2H2,1H3. The zero-order chi connectivity index (χ0) is 14.8.